The fourth-order valence-corrected chi connectivity index (χ4v) is 0.659. The smallest absolute Gasteiger partial charge is 1.00 e. The summed E-state index contributed by atoms with van der Waals surface area (Å²) < 4.78 is 0. The van der Waals surface area contributed by atoms with Gasteiger partial charge in [0.2, 0.25) is 0 Å². The van der Waals surface area contributed by atoms with Crippen molar-refractivity contribution in [2.45, 2.75) is 18.9 Å². The van der Waals surface area contributed by atoms with Gasteiger partial charge in [-0.15, -0.1) is 0 Å². The van der Waals surface area contributed by atoms with Crippen LogP contribution in [0.15, 0.2) is 0 Å². The molecule has 0 heterocycles. The van der Waals surface area contributed by atoms with E-state index >= 15 is 0 Å². The van der Waals surface area contributed by atoms with Gasteiger partial charge < -0.3 is 17.0 Å². The van der Waals surface area contributed by atoms with Crippen molar-refractivity contribution in [1.29, 1.82) is 0 Å². The molecule has 0 aromatic heterocycles. The van der Waals surface area contributed by atoms with Crippen molar-refractivity contribution in [1.82, 2.24) is 5.32 Å². The molecule has 66 valence electrons. The van der Waals surface area contributed by atoms with Gasteiger partial charge in [0, 0.05) is 6.42 Å². The summed E-state index contributed by atoms with van der Waals surface area (Å²) in [4.78, 5) is 20.3. The molecule has 0 radical (unpaired) electrons. The van der Waals surface area contributed by atoms with E-state index in [4.69, 9.17) is 10.2 Å². The van der Waals surface area contributed by atoms with Crippen molar-refractivity contribution in [3.8, 4) is 0 Å². The number of hydrogen-bond acceptors (Lipinski definition) is 3. The van der Waals surface area contributed by atoms with Gasteiger partial charge in [-0.05, 0) is 13.5 Å². The van der Waals surface area contributed by atoms with Gasteiger partial charge >= 0.3 is 41.5 Å². The third-order valence-corrected chi connectivity index (χ3v) is 1.29. The molecule has 0 aliphatic carbocycles. The number of rotatable bonds is 5. The normalized spacial score (nSPS) is 11.4. The monoisotopic (exact) mass is 185 g/mol. The molecule has 3 N–H and O–H groups in total. The first-order valence-electron chi connectivity index (χ1n) is 3.19. The molecule has 0 saturated carbocycles. The maximum atomic E-state index is 10.3. The van der Waals surface area contributed by atoms with Crippen molar-refractivity contribution in [3.05, 3.63) is 0 Å². The Kier molecular flexibility index (Phi) is 9.07. The molecule has 1 unspecified atom stereocenters. The van der Waals surface area contributed by atoms with Crippen LogP contribution < -0.4 is 34.9 Å². The quantitative estimate of drug-likeness (QED) is 0.389. The van der Waals surface area contributed by atoms with E-state index in [2.05, 4.69) is 5.32 Å². The van der Waals surface area contributed by atoms with Crippen molar-refractivity contribution in [2.24, 2.45) is 0 Å². The minimum Gasteiger partial charge on any atom is -1.00 e. The molecular weight excluding hydrogens is 173 g/mol. The minimum absolute atomic E-state index is 0. The molecule has 0 aliphatic heterocycles. The molecule has 0 spiro atoms. The number of aliphatic carboxylic acids is 2. The van der Waals surface area contributed by atoms with Crippen LogP contribution in [-0.4, -0.2) is 35.2 Å². The second kappa shape index (κ2) is 7.54. The first-order chi connectivity index (χ1) is 5.07. The Hall–Kier alpha value is -0.100. The van der Waals surface area contributed by atoms with E-state index in [0.717, 1.165) is 0 Å². The van der Waals surface area contributed by atoms with E-state index in [-0.39, 0.29) is 43.8 Å². The topological polar surface area (TPSA) is 86.6 Å². The summed E-state index contributed by atoms with van der Waals surface area (Å²) in [5.41, 5.74) is 0. The number of carboxylic acids is 2. The van der Waals surface area contributed by atoms with Crippen molar-refractivity contribution in [2.75, 3.05) is 7.05 Å². The molecule has 0 aliphatic rings. The van der Waals surface area contributed by atoms with Crippen LogP contribution in [0.3, 0.4) is 0 Å². The summed E-state index contributed by atoms with van der Waals surface area (Å²) >= 11 is 0. The zero-order chi connectivity index (χ0) is 8.85. The molecular formula is C6H12NNaO4. The average molecular weight is 185 g/mol. The Morgan fingerprint density at radius 3 is 2.25 bits per heavy atom. The number of carbonyl (C=O) groups is 2. The minimum atomic E-state index is -1.02. The van der Waals surface area contributed by atoms with Gasteiger partial charge in [0.25, 0.3) is 0 Å². The Morgan fingerprint density at radius 1 is 1.50 bits per heavy atom. The largest absolute Gasteiger partial charge is 1.00 e. The summed E-state index contributed by atoms with van der Waals surface area (Å²) in [6.07, 6.45) is -0.0149. The summed E-state index contributed by atoms with van der Waals surface area (Å²) in [7, 11) is 1.49. The van der Waals surface area contributed by atoms with Gasteiger partial charge in [-0.25, -0.2) is 0 Å². The van der Waals surface area contributed by atoms with E-state index < -0.39 is 18.0 Å². The van der Waals surface area contributed by atoms with Gasteiger partial charge in [0.05, 0.1) is 0 Å². The van der Waals surface area contributed by atoms with E-state index in [0.29, 0.717) is 0 Å². The molecule has 0 rings (SSSR count). The molecule has 12 heavy (non-hydrogen) atoms. The van der Waals surface area contributed by atoms with Crippen LogP contribution in [0.25, 0.3) is 0 Å². The summed E-state index contributed by atoms with van der Waals surface area (Å²) in [6.45, 7) is 0. The van der Waals surface area contributed by atoms with Crippen LogP contribution in [0.4, 0.5) is 0 Å². The molecule has 0 bridgehead atoms. The van der Waals surface area contributed by atoms with E-state index in [1.54, 1.807) is 0 Å². The molecule has 6 heteroatoms. The summed E-state index contributed by atoms with van der Waals surface area (Å²) in [5, 5.41) is 19.1. The van der Waals surface area contributed by atoms with Gasteiger partial charge in [-0.2, -0.15) is 0 Å². The fourth-order valence-electron chi connectivity index (χ4n) is 0.659. The first kappa shape index (κ1) is 14.4. The van der Waals surface area contributed by atoms with E-state index in [1.807, 2.05) is 0 Å². The number of carboxylic acid groups (broad SMARTS) is 2. The second-order valence-corrected chi connectivity index (χ2v) is 2.11. The Bertz CT molecular complexity index is 167. The van der Waals surface area contributed by atoms with Gasteiger partial charge in [0.1, 0.15) is 6.04 Å². The number of hydrogen-bond donors (Lipinski definition) is 3. The second-order valence-electron chi connectivity index (χ2n) is 2.11. The zero-order valence-electron chi connectivity index (χ0n) is 8.20. The number of likely N-dealkylation sites (N-methyl/N-ethyl adjacent to an activating group) is 1. The molecule has 0 fully saturated rings. The van der Waals surface area contributed by atoms with Gasteiger partial charge in [0.15, 0.2) is 0 Å². The van der Waals surface area contributed by atoms with Crippen molar-refractivity contribution < 1.29 is 50.8 Å². The predicted octanol–water partition coefficient (Wildman–Crippen LogP) is -3.36. The van der Waals surface area contributed by atoms with Crippen molar-refractivity contribution >= 4 is 11.9 Å². The van der Waals surface area contributed by atoms with E-state index in [1.165, 1.54) is 7.05 Å². The zero-order valence-corrected chi connectivity index (χ0v) is 9.20. The Balaban J connectivity index is -0.000000500. The standard InChI is InChI=1S/C6H11NO4.Na.H/c1-7-4(6(10)11)2-3-5(8)9;;/h4,7H,2-3H2,1H3,(H,8,9)(H,10,11);;/q;+1;-1. The van der Waals surface area contributed by atoms with Crippen LogP contribution in [0, 0.1) is 0 Å². The SMILES string of the molecule is CNC(CCC(=O)O)C(=O)O.[H-].[Na+]. The van der Waals surface area contributed by atoms with Gasteiger partial charge in [-0.3, -0.25) is 9.59 Å². The average Bonchev–Trinajstić information content (AvgIpc) is 1.87. The van der Waals surface area contributed by atoms with E-state index in [9.17, 15) is 9.59 Å². The molecule has 0 aromatic carbocycles. The van der Waals surface area contributed by atoms with Crippen LogP contribution >= 0.6 is 0 Å². The third kappa shape index (κ3) is 6.60. The van der Waals surface area contributed by atoms with Crippen LogP contribution in [0.2, 0.25) is 0 Å². The molecule has 0 saturated heterocycles. The van der Waals surface area contributed by atoms with Crippen LogP contribution in [0.5, 0.6) is 0 Å². The first-order valence-corrected chi connectivity index (χ1v) is 3.19. The maximum absolute atomic E-state index is 10.3. The molecule has 5 nitrogen and oxygen atoms in total. The fraction of sp³-hybridized carbons (Fsp3) is 0.667. The van der Waals surface area contributed by atoms with Gasteiger partial charge in [-0.1, -0.05) is 0 Å². The Morgan fingerprint density at radius 2 is 2.00 bits per heavy atom. The molecule has 0 aromatic rings. The summed E-state index contributed by atoms with van der Waals surface area (Å²) in [6, 6.07) is -0.758. The molecule has 0 amide bonds. The number of nitrogens with one attached hydrogen (secondary N) is 1. The Labute approximate surface area is 93.9 Å². The summed E-state index contributed by atoms with van der Waals surface area (Å²) in [5.74, 6) is -2.00. The van der Waals surface area contributed by atoms with Crippen molar-refractivity contribution in [3.63, 3.8) is 0 Å². The van der Waals surface area contributed by atoms with Crippen LogP contribution in [-0.2, 0) is 9.59 Å². The third-order valence-electron chi connectivity index (χ3n) is 1.29. The molecule has 1 atom stereocenters. The predicted molar refractivity (Wildman–Crippen MR) is 38.5 cm³/mol. The maximum Gasteiger partial charge on any atom is 1.00 e. The van der Waals surface area contributed by atoms with Crippen LogP contribution in [0.1, 0.15) is 14.3 Å².